The van der Waals surface area contributed by atoms with E-state index in [9.17, 15) is 0 Å². The minimum Gasteiger partial charge on any atom is -0.310 e. The van der Waals surface area contributed by atoms with Crippen molar-refractivity contribution in [2.24, 2.45) is 0 Å². The van der Waals surface area contributed by atoms with Gasteiger partial charge in [0.25, 0.3) is 0 Å². The largest absolute Gasteiger partial charge is 0.310 e. The molecule has 2 heterocycles. The molecule has 4 heteroatoms. The van der Waals surface area contributed by atoms with Crippen LogP contribution in [0.15, 0.2) is 218 Å². The van der Waals surface area contributed by atoms with E-state index in [1.165, 1.54) is 83.8 Å². The van der Waals surface area contributed by atoms with Crippen molar-refractivity contribution in [3.8, 4) is 62.1 Å². The van der Waals surface area contributed by atoms with Crippen molar-refractivity contribution in [2.75, 3.05) is 0 Å². The molecule has 0 N–H and O–H groups in total. The number of benzene rings is 8. The van der Waals surface area contributed by atoms with Crippen LogP contribution in [0.2, 0.25) is 0 Å². The third-order valence-corrected chi connectivity index (χ3v) is 15.0. The normalized spacial score (nSPS) is 17.8. The molecular weight excluding hydrogens is 825 g/mol. The number of nitrogens with zero attached hydrogens (tertiary/aromatic N) is 4. The van der Waals surface area contributed by atoms with Crippen LogP contribution in [-0.2, 0) is 18.3 Å². The summed E-state index contributed by atoms with van der Waals surface area (Å²) in [7, 11) is 0. The summed E-state index contributed by atoms with van der Waals surface area (Å²) in [4.78, 5) is 15.4. The standard InChI is InChI=1S/C64H44N4/c1-5-17-41(18-6-1)44-31-35-59-53(37-44)54-38-45(32-36-60(54)68(59)48-23-11-4-12-24-48)46-29-33-51-49-25-13-15-27-55(49)64(57(51)39-46)56-28-16-14-26-50(56)52-34-30-47(40-58(52)64)63-66-61(42-19-7-2-8-20-42)65-62(67-63)43-21-9-3-10-22-43/h1-36,39-40,44-45H,37-38H2. The van der Waals surface area contributed by atoms with Gasteiger partial charge in [0.1, 0.15) is 0 Å². The topological polar surface area (TPSA) is 43.6 Å². The fourth-order valence-corrected chi connectivity index (χ4v) is 12.0. The van der Waals surface area contributed by atoms with Gasteiger partial charge in [-0.3, -0.25) is 0 Å². The van der Waals surface area contributed by atoms with Crippen molar-refractivity contribution in [2.45, 2.75) is 30.1 Å². The zero-order chi connectivity index (χ0) is 44.8. The van der Waals surface area contributed by atoms with Gasteiger partial charge in [-0.05, 0) is 110 Å². The smallest absolute Gasteiger partial charge is 0.164 e. The van der Waals surface area contributed by atoms with Gasteiger partial charge in [-0.15, -0.1) is 0 Å². The molecule has 3 atom stereocenters. The van der Waals surface area contributed by atoms with E-state index < -0.39 is 5.41 Å². The molecule has 0 amide bonds. The number of aromatic nitrogens is 4. The number of fused-ring (bicyclic) bond motifs is 13. The molecule has 0 saturated heterocycles. The van der Waals surface area contributed by atoms with E-state index in [4.69, 9.17) is 15.0 Å². The first-order valence-corrected chi connectivity index (χ1v) is 23.8. The third-order valence-electron chi connectivity index (χ3n) is 15.0. The molecule has 8 aromatic carbocycles. The highest BCUT2D eigenvalue weighted by molar-refractivity contribution is 5.96. The highest BCUT2D eigenvalue weighted by Gasteiger charge is 2.52. The fourth-order valence-electron chi connectivity index (χ4n) is 12.0. The van der Waals surface area contributed by atoms with Crippen LogP contribution in [0.4, 0.5) is 0 Å². The first-order chi connectivity index (χ1) is 33.7. The van der Waals surface area contributed by atoms with Crippen molar-refractivity contribution < 1.29 is 0 Å². The highest BCUT2D eigenvalue weighted by Crippen LogP contribution is 2.63. The number of allylic oxidation sites excluding steroid dienone is 2. The zero-order valence-corrected chi connectivity index (χ0v) is 37.3. The van der Waals surface area contributed by atoms with Gasteiger partial charge in [0.2, 0.25) is 0 Å². The van der Waals surface area contributed by atoms with Crippen molar-refractivity contribution >= 4 is 12.2 Å². The summed E-state index contributed by atoms with van der Waals surface area (Å²) in [5.41, 5.74) is 22.1. The average Bonchev–Trinajstić information content (AvgIpc) is 4.02. The molecular formula is C64H44N4. The lowest BCUT2D eigenvalue weighted by atomic mass is 9.69. The second-order valence-corrected chi connectivity index (χ2v) is 18.6. The molecule has 14 rings (SSSR count). The summed E-state index contributed by atoms with van der Waals surface area (Å²) in [6, 6.07) is 74.8. The monoisotopic (exact) mass is 868 g/mol. The predicted molar refractivity (Wildman–Crippen MR) is 276 cm³/mol. The van der Waals surface area contributed by atoms with Crippen LogP contribution in [0.1, 0.15) is 67.7 Å². The summed E-state index contributed by atoms with van der Waals surface area (Å²) < 4.78 is 2.49. The van der Waals surface area contributed by atoms with Crippen molar-refractivity contribution in [3.05, 3.63) is 274 Å². The molecule has 10 aromatic rings. The lowest BCUT2D eigenvalue weighted by Gasteiger charge is -2.31. The molecule has 320 valence electrons. The fraction of sp³-hybridized carbons (Fsp3) is 0.0781. The van der Waals surface area contributed by atoms with Gasteiger partial charge in [-0.2, -0.15) is 0 Å². The second-order valence-electron chi connectivity index (χ2n) is 18.6. The van der Waals surface area contributed by atoms with Crippen molar-refractivity contribution in [1.29, 1.82) is 0 Å². The lowest BCUT2D eigenvalue weighted by molar-refractivity contribution is 0.769. The molecule has 0 aliphatic heterocycles. The Morgan fingerprint density at radius 2 is 0.809 bits per heavy atom. The first kappa shape index (κ1) is 38.8. The average molecular weight is 869 g/mol. The second kappa shape index (κ2) is 15.3. The van der Waals surface area contributed by atoms with E-state index in [1.807, 2.05) is 36.4 Å². The van der Waals surface area contributed by atoms with E-state index in [1.54, 1.807) is 0 Å². The minimum atomic E-state index is -0.547. The molecule has 4 aliphatic carbocycles. The molecule has 2 aromatic heterocycles. The van der Waals surface area contributed by atoms with Crippen LogP contribution < -0.4 is 0 Å². The summed E-state index contributed by atoms with van der Waals surface area (Å²) in [6.07, 6.45) is 11.6. The van der Waals surface area contributed by atoms with E-state index in [2.05, 4.69) is 199 Å². The molecule has 3 unspecified atom stereocenters. The van der Waals surface area contributed by atoms with Crippen LogP contribution in [0.5, 0.6) is 0 Å². The molecule has 0 saturated carbocycles. The van der Waals surface area contributed by atoms with E-state index in [0.717, 1.165) is 29.5 Å². The van der Waals surface area contributed by atoms with Gasteiger partial charge in [0.05, 0.1) is 5.41 Å². The Morgan fingerprint density at radius 1 is 0.368 bits per heavy atom. The Bertz CT molecular complexity index is 3610. The summed E-state index contributed by atoms with van der Waals surface area (Å²) in [5.74, 6) is 2.51. The zero-order valence-electron chi connectivity index (χ0n) is 37.3. The maximum atomic E-state index is 5.21. The predicted octanol–water partition coefficient (Wildman–Crippen LogP) is 14.7. The maximum Gasteiger partial charge on any atom is 0.164 e. The van der Waals surface area contributed by atoms with Gasteiger partial charge in [0.15, 0.2) is 17.5 Å². The first-order valence-electron chi connectivity index (χ1n) is 23.8. The SMILES string of the molecule is C1=CC(c2ccccc2)Cc2c3c(n(-c4ccccc4)c21)C=CC(c1ccc2c(c1)C1(c4ccccc4-c4ccc(-c5nc(-c6ccccc6)nc(-c6ccccc6)n5)cc41)c1ccccc1-2)C3. The van der Waals surface area contributed by atoms with Gasteiger partial charge >= 0.3 is 0 Å². The minimum absolute atomic E-state index is 0.200. The maximum absolute atomic E-state index is 5.21. The number of rotatable bonds is 6. The summed E-state index contributed by atoms with van der Waals surface area (Å²) >= 11 is 0. The number of hydrogen-bond acceptors (Lipinski definition) is 3. The van der Waals surface area contributed by atoms with E-state index in [0.29, 0.717) is 23.4 Å². The van der Waals surface area contributed by atoms with Crippen LogP contribution in [-0.4, -0.2) is 19.5 Å². The van der Waals surface area contributed by atoms with Crippen molar-refractivity contribution in [1.82, 2.24) is 19.5 Å². The van der Waals surface area contributed by atoms with Gasteiger partial charge in [0, 0.05) is 45.6 Å². The lowest BCUT2D eigenvalue weighted by Crippen LogP contribution is -2.26. The Balaban J connectivity index is 0.929. The van der Waals surface area contributed by atoms with Crippen LogP contribution >= 0.6 is 0 Å². The Kier molecular flexibility index (Phi) is 8.72. The molecule has 4 aliphatic rings. The quantitative estimate of drug-likeness (QED) is 0.167. The molecule has 0 bridgehead atoms. The Morgan fingerprint density at radius 3 is 1.38 bits per heavy atom. The highest BCUT2D eigenvalue weighted by atomic mass is 15.0. The van der Waals surface area contributed by atoms with Gasteiger partial charge in [-0.1, -0.05) is 200 Å². The third kappa shape index (κ3) is 5.83. The summed E-state index contributed by atoms with van der Waals surface area (Å²) in [6.45, 7) is 0. The van der Waals surface area contributed by atoms with Crippen LogP contribution in [0, 0.1) is 0 Å². The number of hydrogen-bond donors (Lipinski definition) is 0. The number of para-hydroxylation sites is 1. The Labute approximate surface area is 396 Å². The molecule has 4 nitrogen and oxygen atoms in total. The summed E-state index contributed by atoms with van der Waals surface area (Å²) in [5, 5.41) is 0. The molecule has 1 spiro atoms. The Hall–Kier alpha value is -8.47. The van der Waals surface area contributed by atoms with Crippen LogP contribution in [0.25, 0.3) is 74.3 Å². The molecule has 0 radical (unpaired) electrons. The van der Waals surface area contributed by atoms with E-state index >= 15 is 0 Å². The van der Waals surface area contributed by atoms with Gasteiger partial charge < -0.3 is 4.57 Å². The molecule has 68 heavy (non-hydrogen) atoms. The van der Waals surface area contributed by atoms with Crippen molar-refractivity contribution in [3.63, 3.8) is 0 Å². The van der Waals surface area contributed by atoms with Crippen LogP contribution in [0.3, 0.4) is 0 Å². The van der Waals surface area contributed by atoms with E-state index in [-0.39, 0.29) is 5.92 Å². The molecule has 0 fully saturated rings. The van der Waals surface area contributed by atoms with Gasteiger partial charge in [-0.25, -0.2) is 15.0 Å².